The highest BCUT2D eigenvalue weighted by atomic mass is 19.1. The molecule has 1 amide bonds. The van der Waals surface area contributed by atoms with Crippen LogP contribution in [0.3, 0.4) is 0 Å². The Hall–Kier alpha value is -4.16. The van der Waals surface area contributed by atoms with Crippen LogP contribution in [0.2, 0.25) is 0 Å². The number of aliphatic hydroxyl groups excluding tert-OH is 1. The van der Waals surface area contributed by atoms with Gasteiger partial charge in [0.05, 0.1) is 31.3 Å². The SMILES string of the molecule is CCCCOc1cccc(-c2ccc([C@H]3[C@H](CC[C@H](O)c4ccc(F)cc4)C(=O)N3c3ccccc3)c(OCCCC)c2)c1. The second-order valence-corrected chi connectivity index (χ2v) is 11.4. The number of aliphatic hydroxyl groups is 1. The first-order valence-electron chi connectivity index (χ1n) is 15.8. The van der Waals surface area contributed by atoms with Crippen LogP contribution in [0.5, 0.6) is 11.5 Å². The van der Waals surface area contributed by atoms with Gasteiger partial charge in [0.15, 0.2) is 0 Å². The van der Waals surface area contributed by atoms with Crippen LogP contribution in [-0.2, 0) is 4.79 Å². The van der Waals surface area contributed by atoms with Gasteiger partial charge in [0.2, 0.25) is 5.91 Å². The number of nitrogens with zero attached hydrogens (tertiary/aromatic N) is 1. The predicted molar refractivity (Wildman–Crippen MR) is 173 cm³/mol. The van der Waals surface area contributed by atoms with E-state index in [4.69, 9.17) is 9.47 Å². The van der Waals surface area contributed by atoms with Crippen LogP contribution in [0.1, 0.15) is 75.6 Å². The standard InChI is InChI=1S/C38H42FNO4/c1-3-5-23-43-32-14-10-11-28(25-32)29-17-20-33(36(26-29)44-24-6-4-2)37-34(38(42)40(37)31-12-8-7-9-13-31)21-22-35(41)27-15-18-30(39)19-16-27/h7-20,25-26,34-35,37,41H,3-6,21-24H2,1-2H3/t34-,35-,37-/m0/s1. The Morgan fingerprint density at radius 1 is 0.818 bits per heavy atom. The van der Waals surface area contributed by atoms with Gasteiger partial charge in [0.1, 0.15) is 17.3 Å². The average Bonchev–Trinajstić information content (AvgIpc) is 3.05. The van der Waals surface area contributed by atoms with Crippen LogP contribution in [0.15, 0.2) is 97.1 Å². The van der Waals surface area contributed by atoms with E-state index >= 15 is 0 Å². The first-order valence-corrected chi connectivity index (χ1v) is 15.8. The number of halogens is 1. The van der Waals surface area contributed by atoms with Crippen LogP contribution in [0.4, 0.5) is 10.1 Å². The third-order valence-corrected chi connectivity index (χ3v) is 8.28. The third-order valence-electron chi connectivity index (χ3n) is 8.28. The van der Waals surface area contributed by atoms with Gasteiger partial charge in [-0.3, -0.25) is 4.79 Å². The molecule has 0 radical (unpaired) electrons. The molecule has 1 aliphatic rings. The molecule has 0 aromatic heterocycles. The Balaban J connectivity index is 1.46. The van der Waals surface area contributed by atoms with Gasteiger partial charge < -0.3 is 19.5 Å². The molecule has 0 bridgehead atoms. The number of anilines is 1. The maximum atomic E-state index is 13.7. The molecule has 4 aromatic carbocycles. The van der Waals surface area contributed by atoms with Crippen LogP contribution in [0, 0.1) is 11.7 Å². The Bertz CT molecular complexity index is 1510. The molecular formula is C38H42FNO4. The molecular weight excluding hydrogens is 553 g/mol. The van der Waals surface area contributed by atoms with Crippen molar-refractivity contribution in [2.45, 2.75) is 64.5 Å². The van der Waals surface area contributed by atoms with Crippen LogP contribution < -0.4 is 14.4 Å². The smallest absolute Gasteiger partial charge is 0.233 e. The molecule has 1 aliphatic heterocycles. The van der Waals surface area contributed by atoms with Crippen LogP contribution >= 0.6 is 0 Å². The van der Waals surface area contributed by atoms with E-state index in [9.17, 15) is 14.3 Å². The van der Waals surface area contributed by atoms with Crippen molar-refractivity contribution >= 4 is 11.6 Å². The number of amides is 1. The number of hydrogen-bond donors (Lipinski definition) is 1. The number of rotatable bonds is 15. The van der Waals surface area contributed by atoms with E-state index in [1.165, 1.54) is 12.1 Å². The molecule has 3 atom stereocenters. The molecule has 4 aromatic rings. The summed E-state index contributed by atoms with van der Waals surface area (Å²) in [4.78, 5) is 15.5. The van der Waals surface area contributed by atoms with Gasteiger partial charge in [0, 0.05) is 11.3 Å². The van der Waals surface area contributed by atoms with E-state index in [-0.39, 0.29) is 23.7 Å². The van der Waals surface area contributed by atoms with Crippen molar-refractivity contribution in [2.75, 3.05) is 18.1 Å². The molecule has 1 heterocycles. The van der Waals surface area contributed by atoms with Crippen LogP contribution in [0.25, 0.3) is 11.1 Å². The Morgan fingerprint density at radius 2 is 1.52 bits per heavy atom. The minimum Gasteiger partial charge on any atom is -0.494 e. The van der Waals surface area contributed by atoms with Gasteiger partial charge in [-0.25, -0.2) is 4.39 Å². The topological polar surface area (TPSA) is 59.0 Å². The molecule has 5 nitrogen and oxygen atoms in total. The van der Waals surface area contributed by atoms with Gasteiger partial charge in [-0.05, 0) is 84.8 Å². The van der Waals surface area contributed by atoms with Gasteiger partial charge >= 0.3 is 0 Å². The number of para-hydroxylation sites is 1. The first kappa shape index (κ1) is 31.3. The lowest BCUT2D eigenvalue weighted by molar-refractivity contribution is -0.131. The number of ether oxygens (including phenoxy) is 2. The highest BCUT2D eigenvalue weighted by Gasteiger charge is 2.49. The monoisotopic (exact) mass is 595 g/mol. The summed E-state index contributed by atoms with van der Waals surface area (Å²) in [7, 11) is 0. The summed E-state index contributed by atoms with van der Waals surface area (Å²) in [6.45, 7) is 5.54. The van der Waals surface area contributed by atoms with Crippen molar-refractivity contribution in [3.8, 4) is 22.6 Å². The Morgan fingerprint density at radius 3 is 2.25 bits per heavy atom. The van der Waals surface area contributed by atoms with E-state index in [1.54, 1.807) is 12.1 Å². The average molecular weight is 596 g/mol. The molecule has 0 aliphatic carbocycles. The highest BCUT2D eigenvalue weighted by molar-refractivity contribution is 6.03. The lowest BCUT2D eigenvalue weighted by Crippen LogP contribution is -2.55. The summed E-state index contributed by atoms with van der Waals surface area (Å²) in [5, 5.41) is 10.9. The van der Waals surface area contributed by atoms with E-state index in [2.05, 4.69) is 44.2 Å². The van der Waals surface area contributed by atoms with Crippen molar-refractivity contribution in [3.63, 3.8) is 0 Å². The van der Waals surface area contributed by atoms with E-state index in [0.717, 1.165) is 59.6 Å². The maximum Gasteiger partial charge on any atom is 0.233 e. The normalized spacial score (nSPS) is 16.8. The zero-order chi connectivity index (χ0) is 30.9. The molecule has 1 saturated heterocycles. The van der Waals surface area contributed by atoms with Crippen molar-refractivity contribution in [1.29, 1.82) is 0 Å². The van der Waals surface area contributed by atoms with Gasteiger partial charge in [0.25, 0.3) is 0 Å². The Labute approximate surface area is 260 Å². The number of unbranched alkanes of at least 4 members (excludes halogenated alkanes) is 2. The molecule has 230 valence electrons. The molecule has 0 saturated carbocycles. The van der Waals surface area contributed by atoms with Crippen molar-refractivity contribution in [3.05, 3.63) is 114 Å². The molecule has 1 fully saturated rings. The number of benzene rings is 4. The molecule has 0 unspecified atom stereocenters. The minimum absolute atomic E-state index is 0.0213. The molecule has 6 heteroatoms. The van der Waals surface area contributed by atoms with E-state index < -0.39 is 6.10 Å². The van der Waals surface area contributed by atoms with Gasteiger partial charge in [-0.1, -0.05) is 81.3 Å². The fraction of sp³-hybridized carbons (Fsp3) is 0.342. The number of carbonyl (C=O) groups is 1. The van der Waals surface area contributed by atoms with Crippen LogP contribution in [-0.4, -0.2) is 24.2 Å². The summed E-state index contributed by atoms with van der Waals surface area (Å²) in [5.74, 6) is 0.945. The number of carbonyl (C=O) groups excluding carboxylic acids is 1. The second kappa shape index (κ2) is 15.0. The zero-order valence-electron chi connectivity index (χ0n) is 25.6. The lowest BCUT2D eigenvalue weighted by Gasteiger charge is -2.48. The molecule has 44 heavy (non-hydrogen) atoms. The predicted octanol–water partition coefficient (Wildman–Crippen LogP) is 9.07. The minimum atomic E-state index is -0.788. The lowest BCUT2D eigenvalue weighted by atomic mass is 9.77. The van der Waals surface area contributed by atoms with Crippen molar-refractivity contribution < 1.29 is 23.8 Å². The quantitative estimate of drug-likeness (QED) is 0.110. The first-order chi connectivity index (χ1) is 21.5. The Kier molecular flexibility index (Phi) is 10.7. The summed E-state index contributed by atoms with van der Waals surface area (Å²) in [6.07, 6.45) is 4.10. The van der Waals surface area contributed by atoms with Gasteiger partial charge in [-0.15, -0.1) is 0 Å². The van der Waals surface area contributed by atoms with Gasteiger partial charge in [-0.2, -0.15) is 0 Å². The summed E-state index contributed by atoms with van der Waals surface area (Å²) < 4.78 is 25.8. The summed E-state index contributed by atoms with van der Waals surface area (Å²) in [5.41, 5.74) is 4.47. The molecule has 0 spiro atoms. The zero-order valence-corrected chi connectivity index (χ0v) is 25.6. The van der Waals surface area contributed by atoms with Crippen molar-refractivity contribution in [1.82, 2.24) is 0 Å². The number of β-lactam (4-membered cyclic amide) rings is 1. The van der Waals surface area contributed by atoms with E-state index in [0.29, 0.717) is 31.6 Å². The summed E-state index contributed by atoms with van der Waals surface area (Å²) in [6, 6.07) is 29.7. The molecule has 1 N–H and O–H groups in total. The summed E-state index contributed by atoms with van der Waals surface area (Å²) >= 11 is 0. The fourth-order valence-electron chi connectivity index (χ4n) is 5.76. The molecule has 5 rings (SSSR count). The fourth-order valence-corrected chi connectivity index (χ4v) is 5.76. The van der Waals surface area contributed by atoms with Crippen molar-refractivity contribution in [2.24, 2.45) is 5.92 Å². The maximum absolute atomic E-state index is 13.7. The second-order valence-electron chi connectivity index (χ2n) is 11.4. The number of hydrogen-bond acceptors (Lipinski definition) is 4. The highest BCUT2D eigenvalue weighted by Crippen LogP contribution is 2.49. The largest absolute Gasteiger partial charge is 0.494 e. The third kappa shape index (κ3) is 7.31. The van der Waals surface area contributed by atoms with E-state index in [1.807, 2.05) is 47.4 Å².